The molecule has 0 aliphatic heterocycles. The molecule has 6 nitrogen and oxygen atoms in total. The molecule has 0 unspecified atom stereocenters. The maximum Gasteiger partial charge on any atom is 0.418 e. The fourth-order valence-corrected chi connectivity index (χ4v) is 2.24. The Balaban J connectivity index is 1.65. The molecule has 3 N–H and O–H groups in total. The Morgan fingerprint density at radius 1 is 0.778 bits per heavy atom. The van der Waals surface area contributed by atoms with Gasteiger partial charge in [0, 0.05) is 5.69 Å². The number of rotatable bonds is 4. The van der Waals surface area contributed by atoms with Crippen molar-refractivity contribution in [3.05, 3.63) is 72.3 Å². The highest BCUT2D eigenvalue weighted by Crippen LogP contribution is 2.35. The first kappa shape index (κ1) is 18.2. The number of carbonyl (C=O) groups is 1. The summed E-state index contributed by atoms with van der Waals surface area (Å²) in [6, 6.07) is 16.2. The molecule has 0 fully saturated rings. The molecule has 3 rings (SSSR count). The van der Waals surface area contributed by atoms with E-state index in [1.807, 2.05) is 6.07 Å². The van der Waals surface area contributed by atoms with Gasteiger partial charge in [-0.25, -0.2) is 4.79 Å². The number of benzene rings is 2. The Labute approximate surface area is 152 Å². The van der Waals surface area contributed by atoms with E-state index in [9.17, 15) is 18.0 Å². The first-order valence-corrected chi connectivity index (χ1v) is 7.82. The maximum absolute atomic E-state index is 13.0. The molecule has 0 aliphatic rings. The van der Waals surface area contributed by atoms with Gasteiger partial charge >= 0.3 is 12.2 Å². The minimum Gasteiger partial charge on any atom is -0.338 e. The molecule has 9 heteroatoms. The normalized spacial score (nSPS) is 10.9. The van der Waals surface area contributed by atoms with Gasteiger partial charge in [-0.15, -0.1) is 10.2 Å². The molecule has 2 amide bonds. The lowest BCUT2D eigenvalue weighted by molar-refractivity contribution is -0.136. The zero-order chi connectivity index (χ0) is 19.3. The SMILES string of the molecule is O=C(Nc1ccccc1)Nc1ccc(Nc2ccccc2C(F)(F)F)nn1. The second kappa shape index (κ2) is 7.73. The van der Waals surface area contributed by atoms with Crippen molar-refractivity contribution >= 4 is 29.0 Å². The third-order valence-electron chi connectivity index (χ3n) is 3.43. The number of amides is 2. The first-order chi connectivity index (χ1) is 12.9. The van der Waals surface area contributed by atoms with Crippen LogP contribution in [0.3, 0.4) is 0 Å². The van der Waals surface area contributed by atoms with Crippen molar-refractivity contribution in [3.63, 3.8) is 0 Å². The third kappa shape index (κ3) is 4.94. The van der Waals surface area contributed by atoms with Crippen LogP contribution in [0.2, 0.25) is 0 Å². The van der Waals surface area contributed by atoms with Gasteiger partial charge in [-0.2, -0.15) is 13.2 Å². The lowest BCUT2D eigenvalue weighted by Gasteiger charge is -2.13. The van der Waals surface area contributed by atoms with Crippen molar-refractivity contribution < 1.29 is 18.0 Å². The van der Waals surface area contributed by atoms with Crippen molar-refractivity contribution in [2.45, 2.75) is 6.18 Å². The number of nitrogens with zero attached hydrogens (tertiary/aromatic N) is 2. The van der Waals surface area contributed by atoms with Crippen LogP contribution in [-0.2, 0) is 6.18 Å². The molecule has 138 valence electrons. The van der Waals surface area contributed by atoms with Crippen LogP contribution in [0, 0.1) is 0 Å². The lowest BCUT2D eigenvalue weighted by Crippen LogP contribution is -2.20. The van der Waals surface area contributed by atoms with E-state index in [0.29, 0.717) is 5.69 Å². The zero-order valence-electron chi connectivity index (χ0n) is 13.8. The molecular weight excluding hydrogens is 359 g/mol. The third-order valence-corrected chi connectivity index (χ3v) is 3.43. The van der Waals surface area contributed by atoms with E-state index in [1.165, 1.54) is 30.3 Å². The number of anilines is 4. The highest BCUT2D eigenvalue weighted by Gasteiger charge is 2.33. The molecule has 1 aromatic heterocycles. The number of aromatic nitrogens is 2. The minimum atomic E-state index is -4.49. The summed E-state index contributed by atoms with van der Waals surface area (Å²) in [4.78, 5) is 11.9. The number of halogens is 3. The number of nitrogens with one attached hydrogen (secondary N) is 3. The topological polar surface area (TPSA) is 78.9 Å². The molecule has 0 saturated heterocycles. The van der Waals surface area contributed by atoms with Crippen LogP contribution in [0.4, 0.5) is 41.0 Å². The van der Waals surface area contributed by atoms with E-state index in [2.05, 4.69) is 26.1 Å². The van der Waals surface area contributed by atoms with E-state index in [4.69, 9.17) is 0 Å². The minimum absolute atomic E-state index is 0.112. The van der Waals surface area contributed by atoms with Gasteiger partial charge in [-0.1, -0.05) is 30.3 Å². The van der Waals surface area contributed by atoms with Gasteiger partial charge in [0.2, 0.25) is 0 Å². The highest BCUT2D eigenvalue weighted by molar-refractivity contribution is 5.99. The van der Waals surface area contributed by atoms with Gasteiger partial charge in [-0.05, 0) is 36.4 Å². The summed E-state index contributed by atoms with van der Waals surface area (Å²) in [6.07, 6.45) is -4.49. The van der Waals surface area contributed by atoms with Crippen LogP contribution in [0.15, 0.2) is 66.7 Å². The highest BCUT2D eigenvalue weighted by atomic mass is 19.4. The quantitative estimate of drug-likeness (QED) is 0.609. The fourth-order valence-electron chi connectivity index (χ4n) is 2.24. The Hall–Kier alpha value is -3.62. The predicted molar refractivity (Wildman–Crippen MR) is 95.8 cm³/mol. The van der Waals surface area contributed by atoms with Crippen molar-refractivity contribution in [2.24, 2.45) is 0 Å². The molecule has 0 aliphatic carbocycles. The van der Waals surface area contributed by atoms with Crippen LogP contribution in [0.1, 0.15) is 5.56 Å². The second-order valence-corrected chi connectivity index (χ2v) is 5.42. The van der Waals surface area contributed by atoms with E-state index in [1.54, 1.807) is 24.3 Å². The molecule has 0 atom stereocenters. The molecular formula is C18H14F3N5O. The number of para-hydroxylation sites is 2. The molecule has 0 saturated carbocycles. The van der Waals surface area contributed by atoms with Crippen molar-refractivity contribution in [2.75, 3.05) is 16.0 Å². The Morgan fingerprint density at radius 3 is 2.07 bits per heavy atom. The van der Waals surface area contributed by atoms with Gasteiger partial charge in [0.15, 0.2) is 11.6 Å². The van der Waals surface area contributed by atoms with E-state index in [0.717, 1.165) is 6.07 Å². The van der Waals surface area contributed by atoms with Crippen molar-refractivity contribution in [1.82, 2.24) is 10.2 Å². The summed E-state index contributed by atoms with van der Waals surface area (Å²) in [5.41, 5.74) is -0.344. The average Bonchev–Trinajstić information content (AvgIpc) is 2.64. The molecule has 0 radical (unpaired) electrons. The van der Waals surface area contributed by atoms with Gasteiger partial charge in [0.1, 0.15) is 0 Å². The van der Waals surface area contributed by atoms with Crippen molar-refractivity contribution in [3.8, 4) is 0 Å². The summed E-state index contributed by atoms with van der Waals surface area (Å²) >= 11 is 0. The number of carbonyl (C=O) groups excluding carboxylic acids is 1. The molecule has 27 heavy (non-hydrogen) atoms. The Kier molecular flexibility index (Phi) is 5.20. The monoisotopic (exact) mass is 373 g/mol. The Morgan fingerprint density at radius 2 is 1.41 bits per heavy atom. The fraction of sp³-hybridized carbons (Fsp3) is 0.0556. The van der Waals surface area contributed by atoms with Gasteiger partial charge < -0.3 is 10.6 Å². The summed E-state index contributed by atoms with van der Waals surface area (Å²) in [5, 5.41) is 15.2. The molecule has 1 heterocycles. The van der Waals surface area contributed by atoms with E-state index < -0.39 is 17.8 Å². The van der Waals surface area contributed by atoms with E-state index >= 15 is 0 Å². The maximum atomic E-state index is 13.0. The second-order valence-electron chi connectivity index (χ2n) is 5.42. The van der Waals surface area contributed by atoms with Gasteiger partial charge in [0.05, 0.1) is 11.3 Å². The molecule has 2 aromatic carbocycles. The van der Waals surface area contributed by atoms with Crippen LogP contribution >= 0.6 is 0 Å². The van der Waals surface area contributed by atoms with Crippen LogP contribution in [-0.4, -0.2) is 16.2 Å². The van der Waals surface area contributed by atoms with Gasteiger partial charge in [0.25, 0.3) is 0 Å². The number of hydrogen-bond acceptors (Lipinski definition) is 4. The molecule has 0 bridgehead atoms. The number of urea groups is 1. The lowest BCUT2D eigenvalue weighted by atomic mass is 10.1. The zero-order valence-corrected chi connectivity index (χ0v) is 13.8. The van der Waals surface area contributed by atoms with Crippen molar-refractivity contribution in [1.29, 1.82) is 0 Å². The summed E-state index contributed by atoms with van der Waals surface area (Å²) in [5.74, 6) is 0.263. The summed E-state index contributed by atoms with van der Waals surface area (Å²) in [6.45, 7) is 0. The van der Waals surface area contributed by atoms with Crippen LogP contribution in [0.25, 0.3) is 0 Å². The molecule has 0 spiro atoms. The summed E-state index contributed by atoms with van der Waals surface area (Å²) < 4.78 is 39.0. The summed E-state index contributed by atoms with van der Waals surface area (Å²) in [7, 11) is 0. The predicted octanol–water partition coefficient (Wildman–Crippen LogP) is 4.88. The standard InChI is InChI=1S/C18H14F3N5O/c19-18(20,21)13-8-4-5-9-14(13)23-15-10-11-16(26-25-15)24-17(27)22-12-6-2-1-3-7-12/h1-11H,(H,23,25)(H2,22,24,26,27). The number of alkyl halides is 3. The first-order valence-electron chi connectivity index (χ1n) is 7.82. The number of hydrogen-bond donors (Lipinski definition) is 3. The van der Waals surface area contributed by atoms with Crippen LogP contribution < -0.4 is 16.0 Å². The largest absolute Gasteiger partial charge is 0.418 e. The van der Waals surface area contributed by atoms with Crippen LogP contribution in [0.5, 0.6) is 0 Å². The van der Waals surface area contributed by atoms with E-state index in [-0.39, 0.29) is 17.3 Å². The smallest absolute Gasteiger partial charge is 0.338 e. The molecule has 3 aromatic rings. The van der Waals surface area contributed by atoms with Gasteiger partial charge in [-0.3, -0.25) is 5.32 Å². The average molecular weight is 373 g/mol. The Bertz CT molecular complexity index is 914.